The van der Waals surface area contributed by atoms with Gasteiger partial charge in [-0.05, 0) is 13.8 Å². The van der Waals surface area contributed by atoms with Crippen molar-refractivity contribution in [3.05, 3.63) is 0 Å². The highest BCUT2D eigenvalue weighted by Crippen LogP contribution is 1.79. The lowest BCUT2D eigenvalue weighted by molar-refractivity contribution is 0.441. The zero-order valence-corrected chi connectivity index (χ0v) is 6.53. The van der Waals surface area contributed by atoms with E-state index >= 15 is 0 Å². The van der Waals surface area contributed by atoms with Crippen LogP contribution in [0.3, 0.4) is 0 Å². The second kappa shape index (κ2) is 3.78. The van der Waals surface area contributed by atoms with E-state index in [1.54, 1.807) is 18.6 Å². The average Bonchev–Trinajstić information content (AvgIpc) is 1.21. The molecule has 0 radical (unpaired) electrons. The monoisotopic (exact) mass is 156 g/mol. The van der Waals surface area contributed by atoms with Gasteiger partial charge in [0.05, 0.1) is 0 Å². The molecular formula is C3H12N2O3S. The van der Waals surface area contributed by atoms with E-state index in [0.29, 0.717) is 0 Å². The largest absolute Gasteiger partial charge is 0.735 e. The van der Waals surface area contributed by atoms with Crippen LogP contribution in [0.2, 0.25) is 0 Å². The number of hydrogen-bond acceptors (Lipinski definition) is 3. The molecule has 0 aromatic rings. The quantitative estimate of drug-likeness (QED) is 0.541. The van der Waals surface area contributed by atoms with Crippen molar-refractivity contribution in [3.63, 3.8) is 0 Å². The Hall–Kier alpha value is -0.170. The second-order valence-corrected chi connectivity index (χ2v) is 2.87. The first-order valence-electron chi connectivity index (χ1n) is 2.15. The van der Waals surface area contributed by atoms with Gasteiger partial charge in [-0.1, -0.05) is 0 Å². The zero-order valence-electron chi connectivity index (χ0n) is 5.71. The summed E-state index contributed by atoms with van der Waals surface area (Å²) >= 11 is 0. The zero-order chi connectivity index (χ0) is 6.78. The van der Waals surface area contributed by atoms with Gasteiger partial charge in [-0.2, -0.15) is 0 Å². The normalized spacial score (nSPS) is 11.1. The predicted octanol–water partition coefficient (Wildman–Crippen LogP) is -0.179. The number of hydrogen-bond donors (Lipinski definition) is 2. The van der Waals surface area contributed by atoms with E-state index in [2.05, 4.69) is 0 Å². The van der Waals surface area contributed by atoms with Gasteiger partial charge >= 0.3 is 0 Å². The minimum Gasteiger partial charge on any atom is -0.735 e. The molecule has 0 bridgehead atoms. The van der Waals surface area contributed by atoms with Gasteiger partial charge in [-0.15, -0.1) is 0 Å². The summed E-state index contributed by atoms with van der Waals surface area (Å²) in [6, 6.07) is -0.308. The van der Waals surface area contributed by atoms with Crippen molar-refractivity contribution in [2.75, 3.05) is 0 Å². The van der Waals surface area contributed by atoms with Crippen molar-refractivity contribution < 1.29 is 13.0 Å². The third kappa shape index (κ3) is 11.4. The van der Waals surface area contributed by atoms with Gasteiger partial charge in [0.15, 0.2) is 10.3 Å². The van der Waals surface area contributed by atoms with Gasteiger partial charge in [0.1, 0.15) is 0 Å². The summed E-state index contributed by atoms with van der Waals surface area (Å²) in [5.41, 5.74) is 0. The molecule has 0 aliphatic rings. The van der Waals surface area contributed by atoms with E-state index in [-0.39, 0.29) is 12.2 Å². The highest BCUT2D eigenvalue weighted by atomic mass is 32.2. The Bertz CT molecular complexity index is 150. The van der Waals surface area contributed by atoms with Crippen molar-refractivity contribution in [2.24, 2.45) is 0 Å². The fourth-order valence-corrected chi connectivity index (χ4v) is 0.866. The molecule has 58 valence electrons. The summed E-state index contributed by atoms with van der Waals surface area (Å²) < 4.78 is 31.1. The SMILES string of the molecule is CC(C)NS(=O)(=O)[O-].[NH4+]. The Morgan fingerprint density at radius 1 is 1.44 bits per heavy atom. The Morgan fingerprint density at radius 2 is 1.78 bits per heavy atom. The van der Waals surface area contributed by atoms with E-state index in [1.165, 1.54) is 0 Å². The molecule has 0 aromatic carbocycles. The summed E-state index contributed by atoms with van der Waals surface area (Å²) in [6.07, 6.45) is 0. The lowest BCUT2D eigenvalue weighted by atomic mass is 10.4. The summed E-state index contributed by atoms with van der Waals surface area (Å²) in [7, 11) is -4.22. The maximum Gasteiger partial charge on any atom is 0.159 e. The molecule has 0 heterocycles. The van der Waals surface area contributed by atoms with Crippen LogP contribution in [-0.2, 0) is 10.3 Å². The summed E-state index contributed by atoms with van der Waals surface area (Å²) in [5, 5.41) is 0. The molecule has 0 aliphatic carbocycles. The summed E-state index contributed by atoms with van der Waals surface area (Å²) in [6.45, 7) is 3.16. The van der Waals surface area contributed by atoms with Gasteiger partial charge in [0.2, 0.25) is 0 Å². The molecule has 0 saturated carbocycles. The molecule has 0 fully saturated rings. The molecule has 9 heavy (non-hydrogen) atoms. The van der Waals surface area contributed by atoms with Gasteiger partial charge in [-0.3, -0.25) is 0 Å². The minimum absolute atomic E-state index is 0. The molecular weight excluding hydrogens is 144 g/mol. The Kier molecular flexibility index (Phi) is 4.87. The molecule has 0 unspecified atom stereocenters. The smallest absolute Gasteiger partial charge is 0.159 e. The van der Waals surface area contributed by atoms with Crippen LogP contribution in [0, 0.1) is 0 Å². The van der Waals surface area contributed by atoms with Crippen LogP contribution >= 0.6 is 0 Å². The third-order valence-corrected chi connectivity index (χ3v) is 1.14. The Balaban J connectivity index is 0. The highest BCUT2D eigenvalue weighted by molar-refractivity contribution is 7.83. The number of rotatable bonds is 2. The summed E-state index contributed by atoms with van der Waals surface area (Å²) in [5.74, 6) is 0. The van der Waals surface area contributed by atoms with Crippen LogP contribution in [0.5, 0.6) is 0 Å². The van der Waals surface area contributed by atoms with E-state index < -0.39 is 10.3 Å². The highest BCUT2D eigenvalue weighted by Gasteiger charge is 1.94. The van der Waals surface area contributed by atoms with E-state index in [1.807, 2.05) is 0 Å². The average molecular weight is 156 g/mol. The molecule has 6 heteroatoms. The van der Waals surface area contributed by atoms with Crippen molar-refractivity contribution >= 4 is 10.3 Å². The van der Waals surface area contributed by atoms with Crippen LogP contribution in [0.1, 0.15) is 13.8 Å². The van der Waals surface area contributed by atoms with Crippen LogP contribution in [-0.4, -0.2) is 19.0 Å². The van der Waals surface area contributed by atoms with Crippen molar-refractivity contribution in [3.8, 4) is 0 Å². The van der Waals surface area contributed by atoms with Gasteiger partial charge < -0.3 is 10.7 Å². The van der Waals surface area contributed by atoms with E-state index in [0.717, 1.165) is 0 Å². The standard InChI is InChI=1S/C3H9NO3S.H3N/c1-3(2)4-8(5,6)7;/h3-4H,1-2H3,(H,5,6,7);1H3. The molecule has 0 aromatic heterocycles. The first kappa shape index (κ1) is 11.6. The molecule has 5 N–H and O–H groups in total. The van der Waals surface area contributed by atoms with Crippen LogP contribution in [0.4, 0.5) is 0 Å². The maximum absolute atomic E-state index is 9.78. The molecule has 0 atom stereocenters. The van der Waals surface area contributed by atoms with E-state index in [4.69, 9.17) is 0 Å². The molecule has 0 rings (SSSR count). The van der Waals surface area contributed by atoms with Gasteiger partial charge in [0.25, 0.3) is 0 Å². The lowest BCUT2D eigenvalue weighted by Crippen LogP contribution is -2.29. The molecule has 0 aliphatic heterocycles. The molecule has 5 nitrogen and oxygen atoms in total. The topological polar surface area (TPSA) is 106 Å². The van der Waals surface area contributed by atoms with Crippen LogP contribution in [0.15, 0.2) is 0 Å². The van der Waals surface area contributed by atoms with Crippen molar-refractivity contribution in [1.82, 2.24) is 10.9 Å². The summed E-state index contributed by atoms with van der Waals surface area (Å²) in [4.78, 5) is 0. The fraction of sp³-hybridized carbons (Fsp3) is 1.00. The van der Waals surface area contributed by atoms with Crippen molar-refractivity contribution in [2.45, 2.75) is 19.9 Å². The third-order valence-electron chi connectivity index (χ3n) is 0.380. The molecule has 0 saturated heterocycles. The first-order chi connectivity index (χ1) is 3.42. The van der Waals surface area contributed by atoms with Crippen LogP contribution < -0.4 is 10.9 Å². The molecule has 0 spiro atoms. The Morgan fingerprint density at radius 3 is 1.78 bits per heavy atom. The second-order valence-electron chi connectivity index (χ2n) is 1.73. The van der Waals surface area contributed by atoms with Gasteiger partial charge in [0, 0.05) is 6.04 Å². The van der Waals surface area contributed by atoms with Crippen molar-refractivity contribution in [1.29, 1.82) is 0 Å². The lowest BCUT2D eigenvalue weighted by Gasteiger charge is -2.10. The van der Waals surface area contributed by atoms with Crippen LogP contribution in [0.25, 0.3) is 0 Å². The predicted molar refractivity (Wildman–Crippen MR) is 34.0 cm³/mol. The Labute approximate surface area is 54.9 Å². The first-order valence-corrected chi connectivity index (χ1v) is 3.56. The fourth-order valence-electron chi connectivity index (χ4n) is 0.289. The number of nitrogens with one attached hydrogen (secondary N) is 1. The minimum atomic E-state index is -4.22. The van der Waals surface area contributed by atoms with E-state index in [9.17, 15) is 13.0 Å². The number of quaternary nitrogens is 1. The molecule has 0 amide bonds. The maximum atomic E-state index is 9.78. The van der Waals surface area contributed by atoms with Gasteiger partial charge in [-0.25, -0.2) is 13.1 Å².